The van der Waals surface area contributed by atoms with E-state index in [2.05, 4.69) is 9.97 Å². The molecule has 0 aromatic carbocycles. The van der Waals surface area contributed by atoms with Crippen LogP contribution < -0.4 is 10.5 Å². The molecule has 0 radical (unpaired) electrons. The van der Waals surface area contributed by atoms with E-state index in [9.17, 15) is 0 Å². The van der Waals surface area contributed by atoms with Crippen LogP contribution >= 0.6 is 0 Å². The van der Waals surface area contributed by atoms with E-state index in [0.717, 1.165) is 17.9 Å². The lowest BCUT2D eigenvalue weighted by Crippen LogP contribution is -2.18. The highest BCUT2D eigenvalue weighted by Crippen LogP contribution is 2.09. The van der Waals surface area contributed by atoms with Crippen LogP contribution in [0.1, 0.15) is 18.4 Å². The summed E-state index contributed by atoms with van der Waals surface area (Å²) in [6.45, 7) is 3.79. The zero-order valence-electron chi connectivity index (χ0n) is 8.24. The number of aryl methyl sites for hydroxylation is 1. The Morgan fingerprint density at radius 1 is 1.54 bits per heavy atom. The van der Waals surface area contributed by atoms with Gasteiger partial charge in [0.2, 0.25) is 5.88 Å². The summed E-state index contributed by atoms with van der Waals surface area (Å²) in [5.41, 5.74) is 6.59. The molecule has 13 heavy (non-hydrogen) atoms. The van der Waals surface area contributed by atoms with E-state index >= 15 is 0 Å². The van der Waals surface area contributed by atoms with Gasteiger partial charge < -0.3 is 10.5 Å². The zero-order valence-corrected chi connectivity index (χ0v) is 8.24. The van der Waals surface area contributed by atoms with Gasteiger partial charge in [-0.2, -0.15) is 4.98 Å². The Kier molecular flexibility index (Phi) is 3.19. The lowest BCUT2D eigenvalue weighted by molar-refractivity contribution is 0.394. The number of ether oxygens (including phenoxy) is 1. The quantitative estimate of drug-likeness (QED) is 0.745. The molecular weight excluding hydrogens is 166 g/mol. The first-order valence-electron chi connectivity index (χ1n) is 4.26. The van der Waals surface area contributed by atoms with Crippen LogP contribution in [0.5, 0.6) is 5.88 Å². The van der Waals surface area contributed by atoms with E-state index in [4.69, 9.17) is 10.5 Å². The van der Waals surface area contributed by atoms with Crippen molar-refractivity contribution in [2.45, 2.75) is 26.3 Å². The van der Waals surface area contributed by atoms with Crippen LogP contribution in [0.4, 0.5) is 0 Å². The highest BCUT2D eigenvalue weighted by molar-refractivity contribution is 5.16. The predicted molar refractivity (Wildman–Crippen MR) is 50.7 cm³/mol. The topological polar surface area (TPSA) is 61.0 Å². The number of hydrogen-bond acceptors (Lipinski definition) is 4. The van der Waals surface area contributed by atoms with Crippen molar-refractivity contribution in [1.82, 2.24) is 9.97 Å². The molecule has 4 nitrogen and oxygen atoms in total. The van der Waals surface area contributed by atoms with Crippen LogP contribution in [0, 0.1) is 6.92 Å². The minimum atomic E-state index is 0.110. The monoisotopic (exact) mass is 181 g/mol. The van der Waals surface area contributed by atoms with Crippen molar-refractivity contribution in [1.29, 1.82) is 0 Å². The van der Waals surface area contributed by atoms with Crippen molar-refractivity contribution in [2.75, 3.05) is 7.11 Å². The zero-order chi connectivity index (χ0) is 9.84. The summed E-state index contributed by atoms with van der Waals surface area (Å²) in [7, 11) is 1.59. The highest BCUT2D eigenvalue weighted by atomic mass is 16.5. The molecule has 4 heteroatoms. The average Bonchev–Trinajstić information content (AvgIpc) is 2.01. The second-order valence-electron chi connectivity index (χ2n) is 3.13. The number of rotatable bonds is 3. The first-order chi connectivity index (χ1) is 6.11. The molecule has 0 fully saturated rings. The largest absolute Gasteiger partial charge is 0.481 e. The van der Waals surface area contributed by atoms with Crippen molar-refractivity contribution in [3.05, 3.63) is 17.6 Å². The molecule has 1 unspecified atom stereocenters. The maximum atomic E-state index is 5.66. The van der Waals surface area contributed by atoms with Gasteiger partial charge in [-0.05, 0) is 13.8 Å². The Bertz CT molecular complexity index is 286. The molecule has 0 spiro atoms. The summed E-state index contributed by atoms with van der Waals surface area (Å²) in [6, 6.07) is 1.93. The molecule has 1 aromatic rings. The molecule has 0 aliphatic rings. The van der Waals surface area contributed by atoms with E-state index in [1.54, 1.807) is 7.11 Å². The van der Waals surface area contributed by atoms with Crippen LogP contribution in [0.15, 0.2) is 6.07 Å². The standard InChI is InChI=1S/C9H15N3O/c1-6(10)4-8-5-9(13-3)12-7(2)11-8/h5-6H,4,10H2,1-3H3. The lowest BCUT2D eigenvalue weighted by atomic mass is 10.2. The van der Waals surface area contributed by atoms with E-state index < -0.39 is 0 Å². The number of hydrogen-bond donors (Lipinski definition) is 1. The summed E-state index contributed by atoms with van der Waals surface area (Å²) in [4.78, 5) is 8.34. The molecule has 0 bridgehead atoms. The fraction of sp³-hybridized carbons (Fsp3) is 0.556. The van der Waals surface area contributed by atoms with Crippen molar-refractivity contribution in [3.63, 3.8) is 0 Å². The third kappa shape index (κ3) is 2.99. The molecule has 72 valence electrons. The summed E-state index contributed by atoms with van der Waals surface area (Å²) in [6.07, 6.45) is 0.750. The summed E-state index contributed by atoms with van der Waals surface area (Å²) >= 11 is 0. The summed E-state index contributed by atoms with van der Waals surface area (Å²) in [5.74, 6) is 1.32. The lowest BCUT2D eigenvalue weighted by Gasteiger charge is -2.06. The minimum Gasteiger partial charge on any atom is -0.481 e. The molecule has 0 aliphatic heterocycles. The first kappa shape index (κ1) is 9.92. The van der Waals surface area contributed by atoms with Crippen molar-refractivity contribution >= 4 is 0 Å². The Labute approximate surface area is 78.1 Å². The van der Waals surface area contributed by atoms with Gasteiger partial charge in [-0.25, -0.2) is 4.98 Å². The van der Waals surface area contributed by atoms with Gasteiger partial charge in [0.1, 0.15) is 5.82 Å². The number of nitrogens with zero attached hydrogens (tertiary/aromatic N) is 2. The van der Waals surface area contributed by atoms with Crippen LogP contribution in [-0.4, -0.2) is 23.1 Å². The number of nitrogens with two attached hydrogens (primary N) is 1. The fourth-order valence-corrected chi connectivity index (χ4v) is 1.14. The Morgan fingerprint density at radius 3 is 2.77 bits per heavy atom. The SMILES string of the molecule is COc1cc(CC(C)N)nc(C)n1. The van der Waals surface area contributed by atoms with E-state index in [1.807, 2.05) is 19.9 Å². The Hall–Kier alpha value is -1.16. The van der Waals surface area contributed by atoms with Crippen LogP contribution in [0.2, 0.25) is 0 Å². The molecule has 0 saturated heterocycles. The van der Waals surface area contributed by atoms with Gasteiger partial charge in [-0.15, -0.1) is 0 Å². The normalized spacial score (nSPS) is 12.6. The van der Waals surface area contributed by atoms with Gasteiger partial charge in [0, 0.05) is 24.2 Å². The second-order valence-corrected chi connectivity index (χ2v) is 3.13. The van der Waals surface area contributed by atoms with E-state index in [-0.39, 0.29) is 6.04 Å². The van der Waals surface area contributed by atoms with Crippen LogP contribution in [0.25, 0.3) is 0 Å². The van der Waals surface area contributed by atoms with Gasteiger partial charge in [0.25, 0.3) is 0 Å². The molecule has 0 saturated carbocycles. The average molecular weight is 181 g/mol. The Morgan fingerprint density at radius 2 is 2.23 bits per heavy atom. The number of methoxy groups -OCH3 is 1. The van der Waals surface area contributed by atoms with Gasteiger partial charge in [0.15, 0.2) is 0 Å². The number of aromatic nitrogens is 2. The maximum Gasteiger partial charge on any atom is 0.216 e. The summed E-state index contributed by atoms with van der Waals surface area (Å²) in [5, 5.41) is 0. The van der Waals surface area contributed by atoms with Crippen molar-refractivity contribution < 1.29 is 4.74 Å². The first-order valence-corrected chi connectivity index (χ1v) is 4.26. The molecule has 1 atom stereocenters. The van der Waals surface area contributed by atoms with Crippen LogP contribution in [-0.2, 0) is 6.42 Å². The van der Waals surface area contributed by atoms with Crippen molar-refractivity contribution in [2.24, 2.45) is 5.73 Å². The fourth-order valence-electron chi connectivity index (χ4n) is 1.14. The molecule has 1 heterocycles. The molecule has 2 N–H and O–H groups in total. The van der Waals surface area contributed by atoms with E-state index in [1.165, 1.54) is 0 Å². The Balaban J connectivity index is 2.88. The molecule has 0 amide bonds. The maximum absolute atomic E-state index is 5.66. The summed E-state index contributed by atoms with van der Waals surface area (Å²) < 4.78 is 5.03. The third-order valence-corrected chi connectivity index (χ3v) is 1.61. The van der Waals surface area contributed by atoms with E-state index in [0.29, 0.717) is 5.88 Å². The molecule has 1 aromatic heterocycles. The predicted octanol–water partition coefficient (Wildman–Crippen LogP) is 0.683. The van der Waals surface area contributed by atoms with Crippen molar-refractivity contribution in [3.8, 4) is 5.88 Å². The van der Waals surface area contributed by atoms with Gasteiger partial charge in [-0.1, -0.05) is 0 Å². The third-order valence-electron chi connectivity index (χ3n) is 1.61. The second kappa shape index (κ2) is 4.18. The molecule has 0 aliphatic carbocycles. The minimum absolute atomic E-state index is 0.110. The van der Waals surface area contributed by atoms with Gasteiger partial charge in [0.05, 0.1) is 7.11 Å². The van der Waals surface area contributed by atoms with Gasteiger partial charge in [-0.3, -0.25) is 0 Å². The van der Waals surface area contributed by atoms with Gasteiger partial charge >= 0.3 is 0 Å². The smallest absolute Gasteiger partial charge is 0.216 e. The van der Waals surface area contributed by atoms with Crippen LogP contribution in [0.3, 0.4) is 0 Å². The molecule has 1 rings (SSSR count). The molecular formula is C9H15N3O. The highest BCUT2D eigenvalue weighted by Gasteiger charge is 2.03.